The fourth-order valence-electron chi connectivity index (χ4n) is 1.78. The first-order valence-electron chi connectivity index (χ1n) is 6.51. The summed E-state index contributed by atoms with van der Waals surface area (Å²) in [7, 11) is 2.07. The van der Waals surface area contributed by atoms with Crippen molar-refractivity contribution >= 4 is 5.97 Å². The van der Waals surface area contributed by atoms with Gasteiger partial charge >= 0.3 is 5.97 Å². The zero-order valence-corrected chi connectivity index (χ0v) is 12.0. The third kappa shape index (κ3) is 6.03. The molecule has 0 amide bonds. The SMILES string of the molecule is CCCCN(C)C(C)CC(C)(N)C(=O)OCC. The van der Waals surface area contributed by atoms with E-state index < -0.39 is 5.54 Å². The van der Waals surface area contributed by atoms with Crippen LogP contribution in [-0.4, -0.2) is 42.6 Å². The van der Waals surface area contributed by atoms with Crippen LogP contribution in [-0.2, 0) is 9.53 Å². The van der Waals surface area contributed by atoms with Gasteiger partial charge in [0, 0.05) is 6.04 Å². The Labute approximate surface area is 105 Å². The average molecular weight is 244 g/mol. The minimum Gasteiger partial charge on any atom is -0.465 e. The van der Waals surface area contributed by atoms with Crippen LogP contribution in [0.5, 0.6) is 0 Å². The summed E-state index contributed by atoms with van der Waals surface area (Å²) >= 11 is 0. The molecule has 4 heteroatoms. The summed E-state index contributed by atoms with van der Waals surface area (Å²) in [5.74, 6) is -0.309. The lowest BCUT2D eigenvalue weighted by Crippen LogP contribution is -2.50. The highest BCUT2D eigenvalue weighted by Gasteiger charge is 2.32. The molecule has 2 unspecified atom stereocenters. The van der Waals surface area contributed by atoms with Crippen molar-refractivity contribution in [1.29, 1.82) is 0 Å². The highest BCUT2D eigenvalue weighted by molar-refractivity contribution is 5.80. The molecule has 0 rings (SSSR count). The number of unbranched alkanes of at least 4 members (excludes halogenated alkanes) is 1. The van der Waals surface area contributed by atoms with Gasteiger partial charge < -0.3 is 15.4 Å². The number of hydrogen-bond donors (Lipinski definition) is 1. The van der Waals surface area contributed by atoms with Gasteiger partial charge in [0.15, 0.2) is 0 Å². The fourth-order valence-corrected chi connectivity index (χ4v) is 1.78. The lowest BCUT2D eigenvalue weighted by atomic mass is 9.94. The third-order valence-electron chi connectivity index (χ3n) is 3.08. The van der Waals surface area contributed by atoms with Gasteiger partial charge in [-0.25, -0.2) is 0 Å². The lowest BCUT2D eigenvalue weighted by molar-refractivity contribution is -0.149. The largest absolute Gasteiger partial charge is 0.465 e. The van der Waals surface area contributed by atoms with Crippen LogP contribution in [0.1, 0.15) is 47.0 Å². The molecule has 0 spiro atoms. The Morgan fingerprint density at radius 3 is 2.53 bits per heavy atom. The zero-order chi connectivity index (χ0) is 13.5. The van der Waals surface area contributed by atoms with Crippen LogP contribution >= 0.6 is 0 Å². The molecule has 0 heterocycles. The molecule has 0 bridgehead atoms. The summed E-state index contributed by atoms with van der Waals surface area (Å²) in [6, 6.07) is 0.279. The average Bonchev–Trinajstić information content (AvgIpc) is 2.25. The van der Waals surface area contributed by atoms with E-state index in [1.165, 1.54) is 12.8 Å². The van der Waals surface area contributed by atoms with Crippen molar-refractivity contribution in [2.75, 3.05) is 20.2 Å². The van der Waals surface area contributed by atoms with Crippen LogP contribution in [0.25, 0.3) is 0 Å². The molecule has 0 aliphatic heterocycles. The van der Waals surface area contributed by atoms with Gasteiger partial charge in [-0.2, -0.15) is 0 Å². The molecule has 0 radical (unpaired) electrons. The van der Waals surface area contributed by atoms with Gasteiger partial charge in [-0.3, -0.25) is 4.79 Å². The van der Waals surface area contributed by atoms with Crippen molar-refractivity contribution in [2.24, 2.45) is 5.73 Å². The molecular formula is C13H28N2O2. The van der Waals surface area contributed by atoms with Crippen LogP contribution < -0.4 is 5.73 Å². The first-order valence-corrected chi connectivity index (χ1v) is 6.51. The molecule has 17 heavy (non-hydrogen) atoms. The summed E-state index contributed by atoms with van der Waals surface area (Å²) in [6.07, 6.45) is 2.96. The van der Waals surface area contributed by atoms with Gasteiger partial charge in [-0.1, -0.05) is 13.3 Å². The molecule has 0 aromatic heterocycles. The summed E-state index contributed by atoms with van der Waals surface area (Å²) < 4.78 is 4.99. The fraction of sp³-hybridized carbons (Fsp3) is 0.923. The van der Waals surface area contributed by atoms with Gasteiger partial charge in [-0.05, 0) is 47.2 Å². The van der Waals surface area contributed by atoms with Crippen molar-refractivity contribution in [3.63, 3.8) is 0 Å². The van der Waals surface area contributed by atoms with Crippen LogP contribution in [0.3, 0.4) is 0 Å². The summed E-state index contributed by atoms with van der Waals surface area (Å²) in [5, 5.41) is 0. The Kier molecular flexibility index (Phi) is 7.39. The Hall–Kier alpha value is -0.610. The second-order valence-corrected chi connectivity index (χ2v) is 5.03. The number of ether oxygens (including phenoxy) is 1. The first-order chi connectivity index (χ1) is 7.85. The maximum Gasteiger partial charge on any atom is 0.325 e. The maximum atomic E-state index is 11.7. The van der Waals surface area contributed by atoms with Gasteiger partial charge in [-0.15, -0.1) is 0 Å². The van der Waals surface area contributed by atoms with E-state index in [0.29, 0.717) is 13.0 Å². The van der Waals surface area contributed by atoms with Crippen LogP contribution in [0.2, 0.25) is 0 Å². The van der Waals surface area contributed by atoms with Crippen molar-refractivity contribution in [2.45, 2.75) is 58.5 Å². The standard InChI is InChI=1S/C13H28N2O2/c1-6-8-9-15(5)11(3)10-13(4,14)12(16)17-7-2/h11H,6-10,14H2,1-5H3. The van der Waals surface area contributed by atoms with Crippen LogP contribution in [0.4, 0.5) is 0 Å². The predicted molar refractivity (Wildman–Crippen MR) is 70.8 cm³/mol. The number of rotatable bonds is 8. The van der Waals surface area contributed by atoms with E-state index in [1.54, 1.807) is 13.8 Å². The molecule has 0 aliphatic rings. The molecule has 0 fully saturated rings. The van der Waals surface area contributed by atoms with Gasteiger partial charge in [0.2, 0.25) is 0 Å². The number of nitrogens with zero attached hydrogens (tertiary/aromatic N) is 1. The molecule has 102 valence electrons. The third-order valence-corrected chi connectivity index (χ3v) is 3.08. The summed E-state index contributed by atoms with van der Waals surface area (Å²) in [6.45, 7) is 9.23. The molecule has 0 aromatic rings. The van der Waals surface area contributed by atoms with E-state index in [9.17, 15) is 4.79 Å². The van der Waals surface area contributed by atoms with Crippen molar-refractivity contribution in [1.82, 2.24) is 4.90 Å². The van der Waals surface area contributed by atoms with Crippen molar-refractivity contribution in [3.05, 3.63) is 0 Å². The maximum absolute atomic E-state index is 11.7. The predicted octanol–water partition coefficient (Wildman–Crippen LogP) is 1.78. The van der Waals surface area contributed by atoms with Gasteiger partial charge in [0.1, 0.15) is 5.54 Å². The van der Waals surface area contributed by atoms with E-state index in [1.807, 2.05) is 0 Å². The van der Waals surface area contributed by atoms with Crippen molar-refractivity contribution in [3.8, 4) is 0 Å². The number of nitrogens with two attached hydrogens (primary N) is 1. The molecule has 0 aromatic carbocycles. The number of hydrogen-bond acceptors (Lipinski definition) is 4. The van der Waals surface area contributed by atoms with E-state index in [0.717, 1.165) is 6.54 Å². The Balaban J connectivity index is 4.24. The van der Waals surface area contributed by atoms with Crippen molar-refractivity contribution < 1.29 is 9.53 Å². The Morgan fingerprint density at radius 2 is 2.06 bits per heavy atom. The molecule has 0 saturated carbocycles. The number of esters is 1. The van der Waals surface area contributed by atoms with Gasteiger partial charge in [0.05, 0.1) is 6.61 Å². The highest BCUT2D eigenvalue weighted by atomic mass is 16.5. The highest BCUT2D eigenvalue weighted by Crippen LogP contribution is 2.15. The quantitative estimate of drug-likeness (QED) is 0.661. The molecule has 2 N–H and O–H groups in total. The smallest absolute Gasteiger partial charge is 0.325 e. The molecule has 4 nitrogen and oxygen atoms in total. The normalized spacial score (nSPS) is 16.6. The van der Waals surface area contributed by atoms with Crippen LogP contribution in [0, 0.1) is 0 Å². The molecular weight excluding hydrogens is 216 g/mol. The topological polar surface area (TPSA) is 55.6 Å². The van der Waals surface area contributed by atoms with E-state index in [2.05, 4.69) is 25.8 Å². The van der Waals surface area contributed by atoms with E-state index >= 15 is 0 Å². The van der Waals surface area contributed by atoms with Gasteiger partial charge in [0.25, 0.3) is 0 Å². The molecule has 2 atom stereocenters. The number of carbonyl (C=O) groups excluding carboxylic acids is 1. The Morgan fingerprint density at radius 1 is 1.47 bits per heavy atom. The molecule has 0 aliphatic carbocycles. The second kappa shape index (κ2) is 7.67. The summed E-state index contributed by atoms with van der Waals surface area (Å²) in [5.41, 5.74) is 5.12. The van der Waals surface area contributed by atoms with Crippen LogP contribution in [0.15, 0.2) is 0 Å². The minimum absolute atomic E-state index is 0.279. The lowest BCUT2D eigenvalue weighted by Gasteiger charge is -2.31. The van der Waals surface area contributed by atoms with E-state index in [-0.39, 0.29) is 12.0 Å². The van der Waals surface area contributed by atoms with E-state index in [4.69, 9.17) is 10.5 Å². The molecule has 0 saturated heterocycles. The first kappa shape index (κ1) is 16.4. The monoisotopic (exact) mass is 244 g/mol. The zero-order valence-electron chi connectivity index (χ0n) is 12.0. The minimum atomic E-state index is -0.893. The number of carbonyl (C=O) groups is 1. The summed E-state index contributed by atoms with van der Waals surface area (Å²) in [4.78, 5) is 13.9. The Bertz CT molecular complexity index is 229. The second-order valence-electron chi connectivity index (χ2n) is 5.03.